The summed E-state index contributed by atoms with van der Waals surface area (Å²) in [5, 5.41) is 3.14. The van der Waals surface area contributed by atoms with Crippen molar-refractivity contribution in [3.63, 3.8) is 0 Å². The number of aromatic nitrogens is 4. The predicted octanol–water partition coefficient (Wildman–Crippen LogP) is 0.596. The Labute approximate surface area is 152 Å². The first-order valence-electron chi connectivity index (χ1n) is 8.57. The van der Waals surface area contributed by atoms with Crippen LogP contribution in [0.2, 0.25) is 0 Å². The molecule has 0 atom stereocenters. The van der Waals surface area contributed by atoms with Crippen LogP contribution in [0.3, 0.4) is 0 Å². The summed E-state index contributed by atoms with van der Waals surface area (Å²) in [6.07, 6.45) is 3.45. The number of ether oxygens (including phenoxy) is 1. The number of piperazine rings is 1. The van der Waals surface area contributed by atoms with Crippen molar-refractivity contribution in [3.05, 3.63) is 36.0 Å². The summed E-state index contributed by atoms with van der Waals surface area (Å²) in [4.78, 5) is 33.8. The third kappa shape index (κ3) is 4.42. The van der Waals surface area contributed by atoms with E-state index in [1.807, 2.05) is 0 Å². The van der Waals surface area contributed by atoms with Crippen LogP contribution in [0.15, 0.2) is 24.5 Å². The van der Waals surface area contributed by atoms with Crippen LogP contribution in [-0.4, -0.2) is 77.2 Å². The highest BCUT2D eigenvalue weighted by molar-refractivity contribution is 5.93. The van der Waals surface area contributed by atoms with Gasteiger partial charge in [-0.15, -0.1) is 0 Å². The van der Waals surface area contributed by atoms with Gasteiger partial charge in [-0.1, -0.05) is 0 Å². The lowest BCUT2D eigenvalue weighted by molar-refractivity contribution is 0.0740. The van der Waals surface area contributed by atoms with E-state index in [1.54, 1.807) is 43.5 Å². The van der Waals surface area contributed by atoms with Crippen LogP contribution in [-0.2, 0) is 4.74 Å². The molecule has 0 aliphatic carbocycles. The second-order valence-electron chi connectivity index (χ2n) is 5.93. The number of carbonyl (C=O) groups is 1. The minimum absolute atomic E-state index is 0.0843. The van der Waals surface area contributed by atoms with Crippen molar-refractivity contribution in [2.45, 2.75) is 6.92 Å². The number of nitrogens with zero attached hydrogens (tertiary/aromatic N) is 6. The minimum Gasteiger partial charge on any atom is -0.383 e. The Morgan fingerprint density at radius 1 is 1.19 bits per heavy atom. The minimum atomic E-state index is -0.0843. The largest absolute Gasteiger partial charge is 0.383 e. The van der Waals surface area contributed by atoms with Crippen LogP contribution in [0.1, 0.15) is 16.3 Å². The molecule has 0 unspecified atom stereocenters. The van der Waals surface area contributed by atoms with E-state index in [2.05, 4.69) is 30.2 Å². The fourth-order valence-corrected chi connectivity index (χ4v) is 2.78. The van der Waals surface area contributed by atoms with E-state index in [0.717, 1.165) is 0 Å². The Bertz CT molecular complexity index is 733. The zero-order chi connectivity index (χ0) is 18.4. The number of methoxy groups -OCH3 is 1. The second-order valence-corrected chi connectivity index (χ2v) is 5.93. The van der Waals surface area contributed by atoms with Crippen LogP contribution < -0.4 is 10.2 Å². The molecule has 26 heavy (non-hydrogen) atoms. The van der Waals surface area contributed by atoms with Gasteiger partial charge in [-0.05, 0) is 13.0 Å². The second kappa shape index (κ2) is 8.52. The number of amides is 1. The van der Waals surface area contributed by atoms with Crippen molar-refractivity contribution in [3.8, 4) is 0 Å². The van der Waals surface area contributed by atoms with Crippen molar-refractivity contribution >= 4 is 17.7 Å². The maximum absolute atomic E-state index is 12.8. The fourth-order valence-electron chi connectivity index (χ4n) is 2.78. The summed E-state index contributed by atoms with van der Waals surface area (Å²) in [6, 6.07) is 3.48. The summed E-state index contributed by atoms with van der Waals surface area (Å²) in [5.41, 5.74) is 0.404. The van der Waals surface area contributed by atoms with Crippen LogP contribution in [0.5, 0.6) is 0 Å². The maximum Gasteiger partial charge on any atom is 0.272 e. The van der Waals surface area contributed by atoms with E-state index in [-0.39, 0.29) is 5.91 Å². The molecule has 0 spiro atoms. The molecule has 1 aliphatic rings. The molecule has 9 heteroatoms. The van der Waals surface area contributed by atoms with Gasteiger partial charge in [0.2, 0.25) is 5.95 Å². The molecule has 1 saturated heterocycles. The van der Waals surface area contributed by atoms with Gasteiger partial charge in [0.25, 0.3) is 5.91 Å². The molecule has 2 aromatic rings. The van der Waals surface area contributed by atoms with Gasteiger partial charge in [-0.25, -0.2) is 19.9 Å². The number of hydrogen-bond acceptors (Lipinski definition) is 8. The van der Waals surface area contributed by atoms with Gasteiger partial charge in [-0.2, -0.15) is 0 Å². The van der Waals surface area contributed by atoms with E-state index in [1.165, 1.54) is 0 Å². The maximum atomic E-state index is 12.8. The van der Waals surface area contributed by atoms with Crippen molar-refractivity contribution in [2.75, 3.05) is 56.7 Å². The molecule has 3 heterocycles. The molecule has 9 nitrogen and oxygen atoms in total. The molecule has 1 amide bonds. The zero-order valence-corrected chi connectivity index (χ0v) is 15.1. The first-order valence-corrected chi connectivity index (χ1v) is 8.57. The molecule has 2 aromatic heterocycles. The molecule has 0 saturated carbocycles. The van der Waals surface area contributed by atoms with Gasteiger partial charge in [-0.3, -0.25) is 4.79 Å². The standard InChI is InChI=1S/C17H23N7O2/c1-13-21-14(12-15(22-13)18-6-11-26-2)16(25)23-7-9-24(10-8-23)17-19-4-3-5-20-17/h3-5,12H,6-11H2,1-2H3,(H,18,21,22). The average molecular weight is 357 g/mol. The summed E-state index contributed by atoms with van der Waals surface area (Å²) < 4.78 is 5.02. The highest BCUT2D eigenvalue weighted by Crippen LogP contribution is 2.14. The van der Waals surface area contributed by atoms with E-state index in [4.69, 9.17) is 4.74 Å². The number of hydrogen-bond donors (Lipinski definition) is 1. The van der Waals surface area contributed by atoms with E-state index >= 15 is 0 Å². The van der Waals surface area contributed by atoms with Crippen LogP contribution >= 0.6 is 0 Å². The van der Waals surface area contributed by atoms with E-state index in [9.17, 15) is 4.79 Å². The molecular formula is C17H23N7O2. The predicted molar refractivity (Wildman–Crippen MR) is 97.3 cm³/mol. The Morgan fingerprint density at radius 2 is 1.92 bits per heavy atom. The molecule has 138 valence electrons. The summed E-state index contributed by atoms with van der Waals surface area (Å²) in [5.74, 6) is 1.81. The average Bonchev–Trinajstić information content (AvgIpc) is 2.68. The molecule has 1 N–H and O–H groups in total. The van der Waals surface area contributed by atoms with E-state index < -0.39 is 0 Å². The molecule has 0 aromatic carbocycles. The number of nitrogens with one attached hydrogen (secondary N) is 1. The summed E-state index contributed by atoms with van der Waals surface area (Å²) in [6.45, 7) is 5.56. The molecule has 0 bridgehead atoms. The molecule has 3 rings (SSSR count). The lowest BCUT2D eigenvalue weighted by atomic mass is 10.2. The smallest absolute Gasteiger partial charge is 0.272 e. The number of anilines is 2. The molecular weight excluding hydrogens is 334 g/mol. The monoisotopic (exact) mass is 357 g/mol. The number of rotatable bonds is 6. The Hall–Kier alpha value is -2.81. The fraction of sp³-hybridized carbons (Fsp3) is 0.471. The molecule has 1 aliphatic heterocycles. The quantitative estimate of drug-likeness (QED) is 0.751. The Balaban J connectivity index is 1.63. The van der Waals surface area contributed by atoms with Gasteiger partial charge >= 0.3 is 0 Å². The SMILES string of the molecule is COCCNc1cc(C(=O)N2CCN(c3ncccn3)CC2)nc(C)n1. The number of carbonyl (C=O) groups excluding carboxylic acids is 1. The lowest BCUT2D eigenvalue weighted by Gasteiger charge is -2.34. The van der Waals surface area contributed by atoms with Gasteiger partial charge < -0.3 is 19.9 Å². The zero-order valence-electron chi connectivity index (χ0n) is 15.1. The van der Waals surface area contributed by atoms with Crippen molar-refractivity contribution in [1.29, 1.82) is 0 Å². The van der Waals surface area contributed by atoms with Crippen LogP contribution in [0.25, 0.3) is 0 Å². The first-order chi connectivity index (χ1) is 12.7. The highest BCUT2D eigenvalue weighted by atomic mass is 16.5. The number of aryl methyl sites for hydroxylation is 1. The summed E-state index contributed by atoms with van der Waals surface area (Å²) in [7, 11) is 1.64. The molecule has 1 fully saturated rings. The molecule has 0 radical (unpaired) electrons. The van der Waals surface area contributed by atoms with Gasteiger partial charge in [0.05, 0.1) is 6.61 Å². The van der Waals surface area contributed by atoms with Crippen molar-refractivity contribution in [1.82, 2.24) is 24.8 Å². The van der Waals surface area contributed by atoms with Crippen LogP contribution in [0, 0.1) is 6.92 Å². The summed E-state index contributed by atoms with van der Waals surface area (Å²) >= 11 is 0. The first kappa shape index (κ1) is 18.0. The van der Waals surface area contributed by atoms with Crippen molar-refractivity contribution < 1.29 is 9.53 Å². The van der Waals surface area contributed by atoms with Crippen LogP contribution in [0.4, 0.5) is 11.8 Å². The van der Waals surface area contributed by atoms with Gasteiger partial charge in [0.1, 0.15) is 17.3 Å². The van der Waals surface area contributed by atoms with Crippen molar-refractivity contribution in [2.24, 2.45) is 0 Å². The lowest BCUT2D eigenvalue weighted by Crippen LogP contribution is -2.49. The Morgan fingerprint density at radius 3 is 2.62 bits per heavy atom. The van der Waals surface area contributed by atoms with E-state index in [0.29, 0.717) is 62.6 Å². The highest BCUT2D eigenvalue weighted by Gasteiger charge is 2.24. The Kier molecular flexibility index (Phi) is 5.90. The third-order valence-corrected chi connectivity index (χ3v) is 4.07. The van der Waals surface area contributed by atoms with Gasteiger partial charge in [0.15, 0.2) is 0 Å². The third-order valence-electron chi connectivity index (χ3n) is 4.07. The van der Waals surface area contributed by atoms with Gasteiger partial charge in [0, 0.05) is 58.3 Å². The normalized spacial score (nSPS) is 14.4. The topological polar surface area (TPSA) is 96.4 Å².